The Morgan fingerprint density at radius 3 is 2.38 bits per heavy atom. The van der Waals surface area contributed by atoms with E-state index in [4.69, 9.17) is 34.8 Å². The average Bonchev–Trinajstić information content (AvgIpc) is 2.24. The van der Waals surface area contributed by atoms with Crippen LogP contribution in [0.4, 0.5) is 0 Å². The lowest BCUT2D eigenvalue weighted by Gasteiger charge is -2.12. The largest absolute Gasteiger partial charge is 0.468 e. The van der Waals surface area contributed by atoms with Gasteiger partial charge in [0.1, 0.15) is 11.7 Å². The highest BCUT2D eigenvalue weighted by Crippen LogP contribution is 2.15. The first-order valence-electron chi connectivity index (χ1n) is 3.97. The van der Waals surface area contributed by atoms with Crippen molar-refractivity contribution in [1.82, 2.24) is 4.90 Å². The van der Waals surface area contributed by atoms with E-state index < -0.39 is 5.97 Å². The van der Waals surface area contributed by atoms with Crippen LogP contribution in [0, 0.1) is 0 Å². The van der Waals surface area contributed by atoms with Crippen LogP contribution in [-0.4, -0.2) is 36.2 Å². The number of halogens is 3. The van der Waals surface area contributed by atoms with Gasteiger partial charge >= 0.3 is 5.97 Å². The van der Waals surface area contributed by atoms with Crippen molar-refractivity contribution in [3.63, 3.8) is 0 Å². The van der Waals surface area contributed by atoms with Crippen LogP contribution in [0.1, 0.15) is 6.92 Å². The van der Waals surface area contributed by atoms with Crippen LogP contribution in [0.15, 0.2) is 15.2 Å². The summed E-state index contributed by atoms with van der Waals surface area (Å²) in [7, 11) is 1.19. The molecular formula is C8H9Cl3N2O3. The van der Waals surface area contributed by atoms with Gasteiger partial charge in [-0.05, 0) is 18.5 Å². The molecule has 90 valence electrons. The van der Waals surface area contributed by atoms with E-state index in [2.05, 4.69) is 9.73 Å². The number of aliphatic imine (C=N–C) groups is 1. The molecule has 0 aliphatic rings. The molecule has 0 N–H and O–H groups in total. The molecule has 0 heterocycles. The minimum absolute atomic E-state index is 0.0663. The summed E-state index contributed by atoms with van der Waals surface area (Å²) in [5.41, 5.74) is 0. The summed E-state index contributed by atoms with van der Waals surface area (Å²) in [6.45, 7) is 1.15. The van der Waals surface area contributed by atoms with Crippen LogP contribution >= 0.6 is 34.8 Å². The van der Waals surface area contributed by atoms with Gasteiger partial charge in [0, 0.05) is 0 Å². The highest BCUT2D eigenvalue weighted by Gasteiger charge is 2.13. The molecule has 0 spiro atoms. The maximum absolute atomic E-state index is 10.9. The van der Waals surface area contributed by atoms with Crippen LogP contribution in [0.3, 0.4) is 0 Å². The molecule has 0 radical (unpaired) electrons. The molecular weight excluding hydrogens is 278 g/mol. The lowest BCUT2D eigenvalue weighted by atomic mass is 10.6. The fourth-order valence-electron chi connectivity index (χ4n) is 0.572. The molecule has 8 heteroatoms. The van der Waals surface area contributed by atoms with Gasteiger partial charge in [0.15, 0.2) is 0 Å². The Kier molecular flexibility index (Phi) is 7.12. The van der Waals surface area contributed by atoms with Crippen molar-refractivity contribution in [3.8, 4) is 0 Å². The summed E-state index contributed by atoms with van der Waals surface area (Å²) in [4.78, 5) is 26.0. The number of carbonyl (C=O) groups is 2. The molecule has 0 aromatic rings. The molecule has 0 unspecified atom stereocenters. The number of amidine groups is 1. The number of amides is 1. The number of rotatable bonds is 4. The Morgan fingerprint density at radius 1 is 1.44 bits per heavy atom. The van der Waals surface area contributed by atoms with Crippen molar-refractivity contribution in [2.24, 2.45) is 4.99 Å². The van der Waals surface area contributed by atoms with Crippen molar-refractivity contribution < 1.29 is 14.3 Å². The van der Waals surface area contributed by atoms with Crippen molar-refractivity contribution in [1.29, 1.82) is 0 Å². The quantitative estimate of drug-likeness (QED) is 0.261. The third-order valence-electron chi connectivity index (χ3n) is 1.37. The van der Waals surface area contributed by atoms with Gasteiger partial charge in [-0.15, -0.1) is 0 Å². The zero-order chi connectivity index (χ0) is 12.7. The van der Waals surface area contributed by atoms with Crippen molar-refractivity contribution in [2.75, 3.05) is 13.7 Å². The molecule has 0 atom stereocenters. The van der Waals surface area contributed by atoms with Gasteiger partial charge in [-0.1, -0.05) is 23.2 Å². The molecule has 0 aliphatic heterocycles. The van der Waals surface area contributed by atoms with E-state index >= 15 is 0 Å². The second-order valence-electron chi connectivity index (χ2n) is 2.51. The molecule has 0 aromatic heterocycles. The Morgan fingerprint density at radius 2 is 2.00 bits per heavy atom. The topological polar surface area (TPSA) is 59.0 Å². The van der Waals surface area contributed by atoms with E-state index in [0.717, 1.165) is 4.90 Å². The minimum Gasteiger partial charge on any atom is -0.468 e. The number of esters is 1. The summed E-state index contributed by atoms with van der Waals surface area (Å²) >= 11 is 16.8. The normalized spacial score (nSPS) is 12.9. The Labute approximate surface area is 108 Å². The molecule has 0 saturated carbocycles. The van der Waals surface area contributed by atoms with Gasteiger partial charge in [-0.25, -0.2) is 4.99 Å². The van der Waals surface area contributed by atoms with Gasteiger partial charge in [0.25, 0.3) is 0 Å². The Hall–Kier alpha value is -0.780. The van der Waals surface area contributed by atoms with E-state index in [-0.39, 0.29) is 22.0 Å². The summed E-state index contributed by atoms with van der Waals surface area (Å²) in [5, 5.41) is -0.127. The SMILES string of the molecule is COC(=O)CN(C=O)/C(Cl)=N\C(Cl)=C(/C)Cl. The zero-order valence-electron chi connectivity index (χ0n) is 8.54. The molecule has 0 saturated heterocycles. The summed E-state index contributed by atoms with van der Waals surface area (Å²) in [6.07, 6.45) is 0.330. The fraction of sp³-hybridized carbons (Fsp3) is 0.375. The lowest BCUT2D eigenvalue weighted by Crippen LogP contribution is -2.32. The molecule has 0 aromatic carbocycles. The monoisotopic (exact) mass is 286 g/mol. The van der Waals surface area contributed by atoms with Gasteiger partial charge < -0.3 is 4.74 Å². The first kappa shape index (κ1) is 15.2. The standard InChI is InChI=1S/C8H9Cl3N2O3/c1-5(9)7(10)12-8(11)13(4-14)3-6(15)16-2/h4H,3H2,1-2H3/b7-5+,12-8-. The van der Waals surface area contributed by atoms with Crippen LogP contribution < -0.4 is 0 Å². The first-order valence-corrected chi connectivity index (χ1v) is 5.10. The first-order chi connectivity index (χ1) is 7.42. The fourth-order valence-corrected chi connectivity index (χ4v) is 0.922. The van der Waals surface area contributed by atoms with Crippen molar-refractivity contribution in [3.05, 3.63) is 10.2 Å². The van der Waals surface area contributed by atoms with Gasteiger partial charge in [-0.2, -0.15) is 0 Å². The van der Waals surface area contributed by atoms with Crippen molar-refractivity contribution in [2.45, 2.75) is 6.92 Å². The van der Waals surface area contributed by atoms with Gasteiger partial charge in [0.05, 0.1) is 12.1 Å². The third-order valence-corrected chi connectivity index (χ3v) is 2.31. The molecule has 5 nitrogen and oxygen atoms in total. The maximum atomic E-state index is 10.9. The van der Waals surface area contributed by atoms with Crippen LogP contribution in [0.5, 0.6) is 0 Å². The molecule has 0 fully saturated rings. The second-order valence-corrected chi connectivity index (χ2v) is 3.78. The van der Waals surface area contributed by atoms with E-state index in [0.29, 0.717) is 6.41 Å². The summed E-state index contributed by atoms with van der Waals surface area (Å²) < 4.78 is 4.36. The highest BCUT2D eigenvalue weighted by atomic mass is 35.5. The molecule has 0 aliphatic carbocycles. The van der Waals surface area contributed by atoms with E-state index in [1.165, 1.54) is 14.0 Å². The number of carbonyl (C=O) groups excluding carboxylic acids is 2. The molecule has 0 bridgehead atoms. The maximum Gasteiger partial charge on any atom is 0.325 e. The lowest BCUT2D eigenvalue weighted by molar-refractivity contribution is -0.142. The van der Waals surface area contributed by atoms with Gasteiger partial charge in [0.2, 0.25) is 11.7 Å². The van der Waals surface area contributed by atoms with E-state index in [1.807, 2.05) is 0 Å². The predicted molar refractivity (Wildman–Crippen MR) is 62.5 cm³/mol. The molecule has 0 rings (SSSR count). The van der Waals surface area contributed by atoms with Crippen LogP contribution in [-0.2, 0) is 14.3 Å². The van der Waals surface area contributed by atoms with Crippen LogP contribution in [0.25, 0.3) is 0 Å². The van der Waals surface area contributed by atoms with Crippen LogP contribution in [0.2, 0.25) is 0 Å². The number of hydrogen-bond acceptors (Lipinski definition) is 4. The average molecular weight is 288 g/mol. The number of nitrogens with zero attached hydrogens (tertiary/aromatic N) is 2. The predicted octanol–water partition coefficient (Wildman–Crippen LogP) is 1.88. The Balaban J connectivity index is 4.78. The smallest absolute Gasteiger partial charge is 0.325 e. The number of methoxy groups -OCH3 is 1. The van der Waals surface area contributed by atoms with E-state index in [9.17, 15) is 9.59 Å². The third kappa shape index (κ3) is 5.34. The minimum atomic E-state index is -0.636. The zero-order valence-corrected chi connectivity index (χ0v) is 10.8. The number of ether oxygens (including phenoxy) is 1. The molecule has 16 heavy (non-hydrogen) atoms. The highest BCUT2D eigenvalue weighted by molar-refractivity contribution is 6.66. The number of hydrogen-bond donors (Lipinski definition) is 0. The van der Waals surface area contributed by atoms with Crippen molar-refractivity contribution >= 4 is 52.5 Å². The molecule has 1 amide bonds. The number of allylic oxidation sites excluding steroid dienone is 1. The van der Waals surface area contributed by atoms with Gasteiger partial charge in [-0.3, -0.25) is 14.5 Å². The van der Waals surface area contributed by atoms with E-state index in [1.54, 1.807) is 0 Å². The Bertz CT molecular complexity index is 337. The second kappa shape index (κ2) is 7.49. The summed E-state index contributed by atoms with van der Waals surface area (Å²) in [5.74, 6) is -0.636. The summed E-state index contributed by atoms with van der Waals surface area (Å²) in [6, 6.07) is 0.